The maximum absolute atomic E-state index is 13.2. The lowest BCUT2D eigenvalue weighted by molar-refractivity contribution is 0.0193. The Hall–Kier alpha value is -0.840. The third-order valence-corrected chi connectivity index (χ3v) is 3.26. The van der Waals surface area contributed by atoms with Gasteiger partial charge in [0.05, 0.1) is 17.2 Å². The van der Waals surface area contributed by atoms with Crippen molar-refractivity contribution in [1.29, 1.82) is 0 Å². The topological polar surface area (TPSA) is 30.5 Å². The predicted molar refractivity (Wildman–Crippen MR) is 68.7 cm³/mol. The first kappa shape index (κ1) is 13.6. The first-order valence-corrected chi connectivity index (χ1v) is 6.44. The van der Waals surface area contributed by atoms with Crippen LogP contribution in [0.3, 0.4) is 0 Å². The van der Waals surface area contributed by atoms with Gasteiger partial charge < -0.3 is 14.8 Å². The summed E-state index contributed by atoms with van der Waals surface area (Å²) in [5, 5.41) is 3.19. The van der Waals surface area contributed by atoms with Crippen LogP contribution in [0.1, 0.15) is 12.8 Å². The van der Waals surface area contributed by atoms with Gasteiger partial charge in [0.1, 0.15) is 18.2 Å². The molecule has 1 heterocycles. The minimum absolute atomic E-state index is 0.0853. The lowest BCUT2D eigenvalue weighted by Gasteiger charge is -2.14. The zero-order valence-electron chi connectivity index (χ0n) is 10.3. The Balaban J connectivity index is 1.80. The molecule has 100 valence electrons. The molecule has 2 rings (SSSR count). The summed E-state index contributed by atoms with van der Waals surface area (Å²) < 4.78 is 24.5. The van der Waals surface area contributed by atoms with Crippen molar-refractivity contribution in [2.45, 2.75) is 25.0 Å². The standard InChI is InChI=1S/C13H17ClFNO2/c1-16-7-10-2-3-11(18-10)8-17-9-4-5-12(14)13(15)6-9/h4-6,10-11,16H,2-3,7-8H2,1H3. The predicted octanol–water partition coefficient (Wildman–Crippen LogP) is 2.62. The highest BCUT2D eigenvalue weighted by atomic mass is 35.5. The monoisotopic (exact) mass is 273 g/mol. The molecule has 1 saturated heterocycles. The molecular weight excluding hydrogens is 257 g/mol. The van der Waals surface area contributed by atoms with Crippen molar-refractivity contribution in [2.75, 3.05) is 20.2 Å². The molecule has 3 nitrogen and oxygen atoms in total. The van der Waals surface area contributed by atoms with E-state index in [1.54, 1.807) is 6.07 Å². The first-order valence-electron chi connectivity index (χ1n) is 6.07. The van der Waals surface area contributed by atoms with Gasteiger partial charge in [-0.2, -0.15) is 0 Å². The van der Waals surface area contributed by atoms with Crippen LogP contribution in [-0.4, -0.2) is 32.4 Å². The van der Waals surface area contributed by atoms with Gasteiger partial charge in [-0.1, -0.05) is 11.6 Å². The quantitative estimate of drug-likeness (QED) is 0.895. The van der Waals surface area contributed by atoms with E-state index in [2.05, 4.69) is 5.32 Å². The summed E-state index contributed by atoms with van der Waals surface area (Å²) in [6, 6.07) is 4.44. The summed E-state index contributed by atoms with van der Waals surface area (Å²) in [4.78, 5) is 0. The van der Waals surface area contributed by atoms with E-state index in [-0.39, 0.29) is 17.2 Å². The van der Waals surface area contributed by atoms with Crippen molar-refractivity contribution in [1.82, 2.24) is 5.32 Å². The average molecular weight is 274 g/mol. The molecule has 2 atom stereocenters. The smallest absolute Gasteiger partial charge is 0.145 e. The molecule has 1 fully saturated rings. The third-order valence-electron chi connectivity index (χ3n) is 2.95. The number of ether oxygens (including phenoxy) is 2. The molecule has 0 saturated carbocycles. The Morgan fingerprint density at radius 2 is 2.22 bits per heavy atom. The van der Waals surface area contributed by atoms with Crippen LogP contribution in [0.25, 0.3) is 0 Å². The molecule has 1 aromatic carbocycles. The van der Waals surface area contributed by atoms with E-state index >= 15 is 0 Å². The lowest BCUT2D eigenvalue weighted by Crippen LogP contribution is -2.25. The SMILES string of the molecule is CNCC1CCC(COc2ccc(Cl)c(F)c2)O1. The fourth-order valence-corrected chi connectivity index (χ4v) is 2.15. The molecule has 0 spiro atoms. The van der Waals surface area contributed by atoms with Gasteiger partial charge in [-0.3, -0.25) is 0 Å². The summed E-state index contributed by atoms with van der Waals surface area (Å²) in [6.07, 6.45) is 2.35. The Bertz CT molecular complexity index is 403. The molecule has 2 unspecified atom stereocenters. The van der Waals surface area contributed by atoms with Crippen LogP contribution in [0.2, 0.25) is 5.02 Å². The number of nitrogens with one attached hydrogen (secondary N) is 1. The van der Waals surface area contributed by atoms with Crippen molar-refractivity contribution in [2.24, 2.45) is 0 Å². The van der Waals surface area contributed by atoms with Crippen molar-refractivity contribution in [3.63, 3.8) is 0 Å². The van der Waals surface area contributed by atoms with Gasteiger partial charge in [0.15, 0.2) is 0 Å². The molecule has 0 radical (unpaired) electrons. The Morgan fingerprint density at radius 3 is 2.94 bits per heavy atom. The van der Waals surface area contributed by atoms with E-state index in [1.807, 2.05) is 7.05 Å². The van der Waals surface area contributed by atoms with Crippen molar-refractivity contribution in [3.05, 3.63) is 29.0 Å². The summed E-state index contributed by atoms with van der Waals surface area (Å²) >= 11 is 5.60. The third kappa shape index (κ3) is 3.57. The van der Waals surface area contributed by atoms with E-state index in [0.717, 1.165) is 19.4 Å². The molecule has 1 aliphatic heterocycles. The van der Waals surface area contributed by atoms with Crippen LogP contribution in [-0.2, 0) is 4.74 Å². The Morgan fingerprint density at radius 1 is 1.44 bits per heavy atom. The van der Waals surface area contributed by atoms with E-state index < -0.39 is 5.82 Å². The second-order valence-electron chi connectivity index (χ2n) is 4.40. The Kier molecular flexibility index (Phi) is 4.80. The summed E-state index contributed by atoms with van der Waals surface area (Å²) in [5.41, 5.74) is 0. The molecule has 5 heteroatoms. The summed E-state index contributed by atoms with van der Waals surface area (Å²) in [5.74, 6) is 0.0205. The molecule has 18 heavy (non-hydrogen) atoms. The maximum Gasteiger partial charge on any atom is 0.145 e. The average Bonchev–Trinajstić information content (AvgIpc) is 2.79. The van der Waals surface area contributed by atoms with Crippen LogP contribution in [0.15, 0.2) is 18.2 Å². The maximum atomic E-state index is 13.2. The number of benzene rings is 1. The highest BCUT2D eigenvalue weighted by Crippen LogP contribution is 2.23. The summed E-state index contributed by atoms with van der Waals surface area (Å²) in [7, 11) is 1.91. The van der Waals surface area contributed by atoms with Gasteiger partial charge in [-0.05, 0) is 32.0 Å². The van der Waals surface area contributed by atoms with Gasteiger partial charge in [0, 0.05) is 12.6 Å². The van der Waals surface area contributed by atoms with E-state index in [4.69, 9.17) is 21.1 Å². The number of likely N-dealkylation sites (N-methyl/N-ethyl adjacent to an activating group) is 1. The number of hydrogen-bond donors (Lipinski definition) is 1. The largest absolute Gasteiger partial charge is 0.491 e. The highest BCUT2D eigenvalue weighted by molar-refractivity contribution is 6.30. The molecule has 1 N–H and O–H groups in total. The van der Waals surface area contributed by atoms with Crippen molar-refractivity contribution >= 4 is 11.6 Å². The normalized spacial score (nSPS) is 23.3. The van der Waals surface area contributed by atoms with Crippen LogP contribution < -0.4 is 10.1 Å². The summed E-state index contributed by atoms with van der Waals surface area (Å²) in [6.45, 7) is 1.30. The van der Waals surface area contributed by atoms with Crippen LogP contribution in [0.5, 0.6) is 5.75 Å². The second kappa shape index (κ2) is 6.36. The number of rotatable bonds is 5. The molecule has 1 aliphatic rings. The van der Waals surface area contributed by atoms with Gasteiger partial charge in [0.2, 0.25) is 0 Å². The minimum atomic E-state index is -0.463. The lowest BCUT2D eigenvalue weighted by atomic mass is 10.2. The van der Waals surface area contributed by atoms with Crippen molar-refractivity contribution in [3.8, 4) is 5.75 Å². The fraction of sp³-hybridized carbons (Fsp3) is 0.538. The minimum Gasteiger partial charge on any atom is -0.491 e. The number of halogens is 2. The van der Waals surface area contributed by atoms with Gasteiger partial charge in [-0.25, -0.2) is 4.39 Å². The van der Waals surface area contributed by atoms with Crippen LogP contribution >= 0.6 is 11.6 Å². The molecule has 0 bridgehead atoms. The van der Waals surface area contributed by atoms with Gasteiger partial charge in [0.25, 0.3) is 0 Å². The van der Waals surface area contributed by atoms with Gasteiger partial charge in [-0.15, -0.1) is 0 Å². The van der Waals surface area contributed by atoms with Crippen LogP contribution in [0.4, 0.5) is 4.39 Å². The van der Waals surface area contributed by atoms with Crippen molar-refractivity contribution < 1.29 is 13.9 Å². The van der Waals surface area contributed by atoms with Crippen LogP contribution in [0, 0.1) is 5.82 Å². The Labute approximate surface area is 111 Å². The molecule has 0 aromatic heterocycles. The second-order valence-corrected chi connectivity index (χ2v) is 4.81. The zero-order chi connectivity index (χ0) is 13.0. The molecule has 0 amide bonds. The zero-order valence-corrected chi connectivity index (χ0v) is 11.0. The molecule has 0 aliphatic carbocycles. The van der Waals surface area contributed by atoms with E-state index in [9.17, 15) is 4.39 Å². The first-order chi connectivity index (χ1) is 8.69. The van der Waals surface area contributed by atoms with E-state index in [1.165, 1.54) is 12.1 Å². The molecule has 1 aromatic rings. The number of hydrogen-bond acceptors (Lipinski definition) is 3. The van der Waals surface area contributed by atoms with Gasteiger partial charge >= 0.3 is 0 Å². The highest BCUT2D eigenvalue weighted by Gasteiger charge is 2.25. The van der Waals surface area contributed by atoms with E-state index in [0.29, 0.717) is 12.4 Å². The fourth-order valence-electron chi connectivity index (χ4n) is 2.04. The molecular formula is C13H17ClFNO2.